The molecule has 7 heteroatoms. The molecule has 0 saturated carbocycles. The maximum Gasteiger partial charge on any atom is 0.290 e. The third-order valence-corrected chi connectivity index (χ3v) is 6.10. The van der Waals surface area contributed by atoms with Gasteiger partial charge in [-0.1, -0.05) is 12.1 Å². The molecular weight excluding hydrogens is 408 g/mol. The number of nitrogens with zero attached hydrogens (tertiary/aromatic N) is 2. The molecule has 0 bridgehead atoms. The fourth-order valence-electron chi connectivity index (χ4n) is 4.26. The molecular formula is C25H28N2O5. The van der Waals surface area contributed by atoms with E-state index in [0.717, 1.165) is 11.1 Å². The molecule has 0 radical (unpaired) electrons. The van der Waals surface area contributed by atoms with E-state index in [1.807, 2.05) is 57.1 Å². The molecule has 1 aliphatic heterocycles. The number of amides is 1. The van der Waals surface area contributed by atoms with Gasteiger partial charge in [-0.25, -0.2) is 0 Å². The SMILES string of the molecule is COc1cccc([C@H]2c3c(oc4cc(C)c(C)cc4c3=O)C(=O)N2CCN(C)C)c1OC. The molecule has 3 aromatic rings. The number of methoxy groups -OCH3 is 2. The number of aryl methyl sites for hydroxylation is 2. The molecule has 4 rings (SSSR count). The van der Waals surface area contributed by atoms with Gasteiger partial charge in [0.1, 0.15) is 5.58 Å². The Morgan fingerprint density at radius 3 is 2.44 bits per heavy atom. The molecule has 0 unspecified atom stereocenters. The molecule has 1 amide bonds. The highest BCUT2D eigenvalue weighted by atomic mass is 16.5. The van der Waals surface area contributed by atoms with Crippen LogP contribution in [-0.2, 0) is 0 Å². The number of benzene rings is 2. The van der Waals surface area contributed by atoms with Crippen molar-refractivity contribution in [2.24, 2.45) is 0 Å². The lowest BCUT2D eigenvalue weighted by Gasteiger charge is -2.28. The Bertz CT molecular complexity index is 1260. The quantitative estimate of drug-likeness (QED) is 0.589. The van der Waals surface area contributed by atoms with E-state index < -0.39 is 6.04 Å². The zero-order valence-corrected chi connectivity index (χ0v) is 19.3. The predicted octanol–water partition coefficient (Wildman–Crippen LogP) is 3.53. The highest BCUT2D eigenvalue weighted by Gasteiger charge is 2.44. The van der Waals surface area contributed by atoms with E-state index >= 15 is 0 Å². The van der Waals surface area contributed by atoms with Crippen molar-refractivity contribution in [1.82, 2.24) is 9.80 Å². The first-order valence-electron chi connectivity index (χ1n) is 10.5. The minimum atomic E-state index is -0.634. The summed E-state index contributed by atoms with van der Waals surface area (Å²) in [4.78, 5) is 30.9. The van der Waals surface area contributed by atoms with Gasteiger partial charge in [-0.05, 0) is 57.3 Å². The fraction of sp³-hybridized carbons (Fsp3) is 0.360. The van der Waals surface area contributed by atoms with Crippen LogP contribution in [0.25, 0.3) is 11.0 Å². The van der Waals surface area contributed by atoms with Gasteiger partial charge >= 0.3 is 0 Å². The van der Waals surface area contributed by atoms with Crippen LogP contribution in [0.3, 0.4) is 0 Å². The summed E-state index contributed by atoms with van der Waals surface area (Å²) in [6.07, 6.45) is 0. The highest BCUT2D eigenvalue weighted by Crippen LogP contribution is 2.44. The van der Waals surface area contributed by atoms with Crippen molar-refractivity contribution in [3.63, 3.8) is 0 Å². The maximum absolute atomic E-state index is 13.7. The Labute approximate surface area is 187 Å². The number of ether oxygens (including phenoxy) is 2. The summed E-state index contributed by atoms with van der Waals surface area (Å²) in [6, 6.07) is 8.51. The van der Waals surface area contributed by atoms with Crippen LogP contribution in [0.5, 0.6) is 11.5 Å². The summed E-state index contributed by atoms with van der Waals surface area (Å²) >= 11 is 0. The zero-order chi connectivity index (χ0) is 23.2. The number of carbonyl (C=O) groups excluding carboxylic acids is 1. The molecule has 0 fully saturated rings. The van der Waals surface area contributed by atoms with Crippen LogP contribution in [-0.4, -0.2) is 57.1 Å². The second kappa shape index (κ2) is 8.31. The number of hydrogen-bond donors (Lipinski definition) is 0. The van der Waals surface area contributed by atoms with Crippen LogP contribution in [0.15, 0.2) is 39.5 Å². The van der Waals surface area contributed by atoms with E-state index in [0.29, 0.717) is 46.7 Å². The number of likely N-dealkylation sites (N-methyl/N-ethyl adjacent to an activating group) is 1. The highest BCUT2D eigenvalue weighted by molar-refractivity contribution is 5.99. The number of fused-ring (bicyclic) bond motifs is 2. The second-order valence-corrected chi connectivity index (χ2v) is 8.39. The number of hydrogen-bond acceptors (Lipinski definition) is 6. The first-order chi connectivity index (χ1) is 15.3. The van der Waals surface area contributed by atoms with Crippen molar-refractivity contribution < 1.29 is 18.7 Å². The topological polar surface area (TPSA) is 72.2 Å². The van der Waals surface area contributed by atoms with Gasteiger partial charge < -0.3 is 23.7 Å². The summed E-state index contributed by atoms with van der Waals surface area (Å²) in [6.45, 7) is 4.97. The smallest absolute Gasteiger partial charge is 0.290 e. The van der Waals surface area contributed by atoms with Gasteiger partial charge in [-0.2, -0.15) is 0 Å². The van der Waals surface area contributed by atoms with E-state index in [4.69, 9.17) is 13.9 Å². The van der Waals surface area contributed by atoms with Gasteiger partial charge in [0.2, 0.25) is 5.76 Å². The molecule has 168 valence electrons. The monoisotopic (exact) mass is 436 g/mol. The van der Waals surface area contributed by atoms with Gasteiger partial charge in [0.15, 0.2) is 16.9 Å². The molecule has 7 nitrogen and oxygen atoms in total. The van der Waals surface area contributed by atoms with Gasteiger partial charge in [-0.3, -0.25) is 9.59 Å². The van der Waals surface area contributed by atoms with Gasteiger partial charge in [0, 0.05) is 18.7 Å². The Kier molecular flexibility index (Phi) is 5.69. The van der Waals surface area contributed by atoms with E-state index in [9.17, 15) is 9.59 Å². The minimum absolute atomic E-state index is 0.0967. The van der Waals surface area contributed by atoms with Crippen LogP contribution in [0.2, 0.25) is 0 Å². The molecule has 0 saturated heterocycles. The van der Waals surface area contributed by atoms with Gasteiger partial charge in [0.25, 0.3) is 5.91 Å². The van der Waals surface area contributed by atoms with Gasteiger partial charge in [-0.15, -0.1) is 0 Å². The average Bonchev–Trinajstić information content (AvgIpc) is 3.04. The maximum atomic E-state index is 13.7. The molecule has 0 aliphatic carbocycles. The standard InChI is InChI=1S/C25H28N2O5/c1-14-12-17-19(13-15(14)2)32-24-20(22(17)28)21(27(25(24)29)11-10-26(3)4)16-8-7-9-18(30-5)23(16)31-6/h7-9,12-13,21H,10-11H2,1-6H3/t21-/m0/s1. The molecule has 0 spiro atoms. The van der Waals surface area contributed by atoms with Crippen molar-refractivity contribution in [2.45, 2.75) is 19.9 Å². The Hall–Kier alpha value is -3.32. The predicted molar refractivity (Wildman–Crippen MR) is 123 cm³/mol. The lowest BCUT2D eigenvalue weighted by molar-refractivity contribution is 0.0715. The van der Waals surface area contributed by atoms with E-state index in [1.165, 1.54) is 0 Å². The zero-order valence-electron chi connectivity index (χ0n) is 19.3. The molecule has 2 aromatic carbocycles. The summed E-state index contributed by atoms with van der Waals surface area (Å²) in [7, 11) is 7.00. The molecule has 1 aliphatic rings. The fourth-order valence-corrected chi connectivity index (χ4v) is 4.26. The first-order valence-corrected chi connectivity index (χ1v) is 10.5. The van der Waals surface area contributed by atoms with Crippen molar-refractivity contribution in [3.8, 4) is 11.5 Å². The molecule has 1 atom stereocenters. The van der Waals surface area contributed by atoms with E-state index in [-0.39, 0.29) is 17.1 Å². The third kappa shape index (κ3) is 3.42. The molecule has 32 heavy (non-hydrogen) atoms. The third-order valence-electron chi connectivity index (χ3n) is 6.10. The van der Waals surface area contributed by atoms with Gasteiger partial charge in [0.05, 0.1) is 31.2 Å². The number of para-hydroxylation sites is 1. The number of rotatable bonds is 6. The van der Waals surface area contributed by atoms with Crippen molar-refractivity contribution in [1.29, 1.82) is 0 Å². The second-order valence-electron chi connectivity index (χ2n) is 8.39. The minimum Gasteiger partial charge on any atom is -0.493 e. The lowest BCUT2D eigenvalue weighted by Crippen LogP contribution is -2.35. The van der Waals surface area contributed by atoms with Crippen molar-refractivity contribution in [2.75, 3.05) is 41.4 Å². The lowest BCUT2D eigenvalue weighted by atomic mass is 9.96. The molecule has 1 aromatic heterocycles. The Morgan fingerprint density at radius 1 is 1.06 bits per heavy atom. The normalized spacial score (nSPS) is 15.5. The van der Waals surface area contributed by atoms with Crippen LogP contribution < -0.4 is 14.9 Å². The Morgan fingerprint density at radius 2 is 1.78 bits per heavy atom. The van der Waals surface area contributed by atoms with Crippen LogP contribution in [0, 0.1) is 13.8 Å². The number of carbonyl (C=O) groups is 1. The van der Waals surface area contributed by atoms with Crippen molar-refractivity contribution in [3.05, 3.63) is 68.6 Å². The largest absolute Gasteiger partial charge is 0.493 e. The molecule has 2 heterocycles. The van der Waals surface area contributed by atoms with Crippen LogP contribution in [0.4, 0.5) is 0 Å². The van der Waals surface area contributed by atoms with Crippen molar-refractivity contribution >= 4 is 16.9 Å². The summed E-state index contributed by atoms with van der Waals surface area (Å²) in [5.41, 5.74) is 3.26. The summed E-state index contributed by atoms with van der Waals surface area (Å²) in [5, 5.41) is 0.473. The molecule has 0 N–H and O–H groups in total. The average molecular weight is 437 g/mol. The first kappa shape index (κ1) is 21.9. The van der Waals surface area contributed by atoms with Crippen LogP contribution >= 0.6 is 0 Å². The van der Waals surface area contributed by atoms with E-state index in [2.05, 4.69) is 0 Å². The summed E-state index contributed by atoms with van der Waals surface area (Å²) in [5.74, 6) is 0.832. The van der Waals surface area contributed by atoms with E-state index in [1.54, 1.807) is 25.2 Å². The Balaban J connectivity index is 2.01. The summed E-state index contributed by atoms with van der Waals surface area (Å²) < 4.78 is 17.2. The van der Waals surface area contributed by atoms with Crippen LogP contribution in [0.1, 0.15) is 38.9 Å².